The number of carbonyl (C=O) groups is 1. The van der Waals surface area contributed by atoms with Crippen molar-refractivity contribution in [1.82, 2.24) is 4.98 Å². The number of hydrogen-bond acceptors (Lipinski definition) is 4. The number of amides is 1. The summed E-state index contributed by atoms with van der Waals surface area (Å²) in [5, 5.41) is 3.46. The molecule has 0 aliphatic rings. The first kappa shape index (κ1) is 20.3. The number of anilines is 1. The Morgan fingerprint density at radius 1 is 1.18 bits per heavy atom. The third-order valence-corrected chi connectivity index (χ3v) is 5.88. The van der Waals surface area contributed by atoms with Crippen LogP contribution in [0.15, 0.2) is 42.5 Å². The van der Waals surface area contributed by atoms with E-state index in [-0.39, 0.29) is 12.5 Å². The highest BCUT2D eigenvalue weighted by Gasteiger charge is 2.10. The van der Waals surface area contributed by atoms with Crippen LogP contribution in [-0.4, -0.2) is 17.5 Å². The molecule has 0 fully saturated rings. The second-order valence-electron chi connectivity index (χ2n) is 7.14. The Balaban J connectivity index is 1.55. The summed E-state index contributed by atoms with van der Waals surface area (Å²) in [6.45, 7) is 6.54. The zero-order valence-corrected chi connectivity index (χ0v) is 17.6. The van der Waals surface area contributed by atoms with Crippen molar-refractivity contribution in [2.45, 2.75) is 52.4 Å². The number of nitrogens with one attached hydrogen (secondary N) is 1. The number of rotatable bonds is 9. The molecular formula is C23H28N2O2S. The van der Waals surface area contributed by atoms with E-state index in [9.17, 15) is 4.79 Å². The van der Waals surface area contributed by atoms with Gasteiger partial charge in [-0.2, -0.15) is 0 Å². The molecule has 3 aromatic rings. The van der Waals surface area contributed by atoms with Crippen LogP contribution in [0.2, 0.25) is 0 Å². The molecule has 1 N–H and O–H groups in total. The SMILES string of the molecule is CCCCc1ccc2nc(NC(=O)COc3ccc([C@@H](C)CC)cc3)sc2c1. The van der Waals surface area contributed by atoms with Crippen LogP contribution < -0.4 is 10.1 Å². The Morgan fingerprint density at radius 3 is 2.68 bits per heavy atom. The Bertz CT molecular complexity index is 918. The highest BCUT2D eigenvalue weighted by molar-refractivity contribution is 7.22. The van der Waals surface area contributed by atoms with Gasteiger partial charge in [-0.15, -0.1) is 0 Å². The van der Waals surface area contributed by atoms with Crippen LogP contribution in [0.25, 0.3) is 10.2 Å². The molecule has 0 spiro atoms. The van der Waals surface area contributed by atoms with Gasteiger partial charge in [-0.1, -0.05) is 56.7 Å². The highest BCUT2D eigenvalue weighted by atomic mass is 32.1. The summed E-state index contributed by atoms with van der Waals surface area (Å²) in [5.41, 5.74) is 3.52. The first-order valence-corrected chi connectivity index (χ1v) is 10.8. The predicted molar refractivity (Wildman–Crippen MR) is 118 cm³/mol. The topological polar surface area (TPSA) is 51.2 Å². The summed E-state index contributed by atoms with van der Waals surface area (Å²) in [5.74, 6) is 1.03. The molecule has 0 aliphatic heterocycles. The van der Waals surface area contributed by atoms with Crippen LogP contribution in [0.4, 0.5) is 5.13 Å². The van der Waals surface area contributed by atoms with E-state index < -0.39 is 0 Å². The second-order valence-corrected chi connectivity index (χ2v) is 8.17. The third-order valence-electron chi connectivity index (χ3n) is 4.95. The Hall–Kier alpha value is -2.40. The first-order valence-electron chi connectivity index (χ1n) is 10.0. The average molecular weight is 397 g/mol. The lowest BCUT2D eigenvalue weighted by Gasteiger charge is -2.10. The van der Waals surface area contributed by atoms with Gasteiger partial charge in [0.15, 0.2) is 11.7 Å². The average Bonchev–Trinajstić information content (AvgIpc) is 3.11. The van der Waals surface area contributed by atoms with Crippen molar-refractivity contribution in [2.24, 2.45) is 0 Å². The first-order chi connectivity index (χ1) is 13.6. The lowest BCUT2D eigenvalue weighted by Crippen LogP contribution is -2.20. The molecule has 1 heterocycles. The maximum Gasteiger partial charge on any atom is 0.264 e. The minimum atomic E-state index is -0.198. The number of ether oxygens (including phenoxy) is 1. The molecule has 0 saturated heterocycles. The van der Waals surface area contributed by atoms with Gasteiger partial charge in [-0.25, -0.2) is 4.98 Å². The Labute approximate surface area is 171 Å². The largest absolute Gasteiger partial charge is 0.484 e. The smallest absolute Gasteiger partial charge is 0.264 e. The lowest BCUT2D eigenvalue weighted by atomic mass is 9.99. The predicted octanol–water partition coefficient (Wildman–Crippen LogP) is 6.17. The highest BCUT2D eigenvalue weighted by Crippen LogP contribution is 2.27. The minimum absolute atomic E-state index is 0.0274. The second kappa shape index (κ2) is 9.69. The molecule has 0 radical (unpaired) electrons. The zero-order chi connectivity index (χ0) is 19.9. The van der Waals surface area contributed by atoms with Crippen molar-refractivity contribution in [1.29, 1.82) is 0 Å². The van der Waals surface area contributed by atoms with Crippen LogP contribution in [-0.2, 0) is 11.2 Å². The van der Waals surface area contributed by atoms with Gasteiger partial charge in [0.1, 0.15) is 5.75 Å². The summed E-state index contributed by atoms with van der Waals surface area (Å²) >= 11 is 1.50. The van der Waals surface area contributed by atoms with E-state index >= 15 is 0 Å². The molecule has 0 aliphatic carbocycles. The van der Waals surface area contributed by atoms with E-state index in [1.54, 1.807) is 0 Å². The molecule has 0 bridgehead atoms. The molecule has 28 heavy (non-hydrogen) atoms. The molecule has 2 aromatic carbocycles. The number of fused-ring (bicyclic) bond motifs is 1. The van der Waals surface area contributed by atoms with E-state index in [4.69, 9.17) is 4.74 Å². The van der Waals surface area contributed by atoms with Gasteiger partial charge in [0.05, 0.1) is 10.2 Å². The van der Waals surface area contributed by atoms with E-state index in [0.29, 0.717) is 16.8 Å². The van der Waals surface area contributed by atoms with Crippen LogP contribution in [0.3, 0.4) is 0 Å². The third kappa shape index (κ3) is 5.32. The number of aryl methyl sites for hydroxylation is 1. The van der Waals surface area contributed by atoms with E-state index in [1.165, 1.54) is 35.3 Å². The fraction of sp³-hybridized carbons (Fsp3) is 0.391. The van der Waals surface area contributed by atoms with Gasteiger partial charge < -0.3 is 4.74 Å². The number of benzene rings is 2. The van der Waals surface area contributed by atoms with E-state index in [2.05, 4.69) is 55.3 Å². The summed E-state index contributed by atoms with van der Waals surface area (Å²) in [4.78, 5) is 16.7. The number of hydrogen-bond donors (Lipinski definition) is 1. The maximum absolute atomic E-state index is 12.2. The fourth-order valence-electron chi connectivity index (χ4n) is 2.99. The van der Waals surface area contributed by atoms with Crippen molar-refractivity contribution in [2.75, 3.05) is 11.9 Å². The van der Waals surface area contributed by atoms with Crippen molar-refractivity contribution in [3.05, 3.63) is 53.6 Å². The molecule has 1 atom stereocenters. The summed E-state index contributed by atoms with van der Waals surface area (Å²) in [7, 11) is 0. The van der Waals surface area contributed by atoms with Crippen molar-refractivity contribution in [3.63, 3.8) is 0 Å². The molecular weight excluding hydrogens is 368 g/mol. The van der Waals surface area contributed by atoms with Crippen molar-refractivity contribution in [3.8, 4) is 5.75 Å². The zero-order valence-electron chi connectivity index (χ0n) is 16.8. The fourth-order valence-corrected chi connectivity index (χ4v) is 3.94. The van der Waals surface area contributed by atoms with Crippen LogP contribution in [0.5, 0.6) is 5.75 Å². The molecule has 0 saturated carbocycles. The summed E-state index contributed by atoms with van der Waals surface area (Å²) < 4.78 is 6.71. The Morgan fingerprint density at radius 2 is 1.96 bits per heavy atom. The molecule has 1 amide bonds. The van der Waals surface area contributed by atoms with Gasteiger partial charge in [-0.05, 0) is 60.6 Å². The monoisotopic (exact) mass is 396 g/mol. The molecule has 5 heteroatoms. The van der Waals surface area contributed by atoms with Crippen LogP contribution >= 0.6 is 11.3 Å². The number of aromatic nitrogens is 1. The van der Waals surface area contributed by atoms with Gasteiger partial charge in [0, 0.05) is 0 Å². The van der Waals surface area contributed by atoms with E-state index in [1.807, 2.05) is 18.2 Å². The van der Waals surface area contributed by atoms with Crippen molar-refractivity contribution < 1.29 is 9.53 Å². The Kier molecular flexibility index (Phi) is 7.04. The van der Waals surface area contributed by atoms with Gasteiger partial charge >= 0.3 is 0 Å². The van der Waals surface area contributed by atoms with Gasteiger partial charge in [0.2, 0.25) is 0 Å². The lowest BCUT2D eigenvalue weighted by molar-refractivity contribution is -0.118. The molecule has 0 unspecified atom stereocenters. The number of carbonyl (C=O) groups excluding carboxylic acids is 1. The number of thiazole rings is 1. The number of nitrogens with zero attached hydrogens (tertiary/aromatic N) is 1. The van der Waals surface area contributed by atoms with Gasteiger partial charge in [0.25, 0.3) is 5.91 Å². The molecule has 1 aromatic heterocycles. The summed E-state index contributed by atoms with van der Waals surface area (Å²) in [6.07, 6.45) is 4.55. The van der Waals surface area contributed by atoms with Crippen molar-refractivity contribution >= 4 is 32.6 Å². The summed E-state index contributed by atoms with van der Waals surface area (Å²) in [6, 6.07) is 14.3. The van der Waals surface area contributed by atoms with Crippen LogP contribution in [0, 0.1) is 0 Å². The quantitative estimate of drug-likeness (QED) is 0.470. The molecule has 3 rings (SSSR count). The maximum atomic E-state index is 12.2. The molecule has 4 nitrogen and oxygen atoms in total. The number of unbranched alkanes of at least 4 members (excludes halogenated alkanes) is 1. The molecule has 148 valence electrons. The normalized spacial score (nSPS) is 12.1. The van der Waals surface area contributed by atoms with Crippen LogP contribution in [0.1, 0.15) is 57.1 Å². The minimum Gasteiger partial charge on any atom is -0.484 e. The standard InChI is InChI=1S/C23H28N2O2S/c1-4-6-7-17-8-13-20-21(14-17)28-23(24-20)25-22(26)15-27-19-11-9-18(10-12-19)16(3)5-2/h8-14,16H,4-7,15H2,1-3H3,(H,24,25,26)/t16-/m0/s1. The van der Waals surface area contributed by atoms with E-state index in [0.717, 1.165) is 23.1 Å². The van der Waals surface area contributed by atoms with Gasteiger partial charge in [-0.3, -0.25) is 10.1 Å².